The summed E-state index contributed by atoms with van der Waals surface area (Å²) in [5.41, 5.74) is 6.92. The van der Waals surface area contributed by atoms with Gasteiger partial charge in [-0.2, -0.15) is 0 Å². The highest BCUT2D eigenvalue weighted by molar-refractivity contribution is 5.92. The maximum Gasteiger partial charge on any atom is 0.245 e. The summed E-state index contributed by atoms with van der Waals surface area (Å²) in [6.07, 6.45) is 3.87. The molecule has 7 heteroatoms. The van der Waals surface area contributed by atoms with Crippen LogP contribution in [0, 0.1) is 0 Å². The van der Waals surface area contributed by atoms with Gasteiger partial charge in [0.15, 0.2) is 0 Å². The third-order valence-corrected chi connectivity index (χ3v) is 6.09. The number of amides is 2. The van der Waals surface area contributed by atoms with Crippen molar-refractivity contribution in [3.63, 3.8) is 0 Å². The first-order chi connectivity index (χ1) is 15.8. The smallest absolute Gasteiger partial charge is 0.245 e. The average molecular weight is 449 g/mol. The molecule has 2 aromatic carbocycles. The van der Waals surface area contributed by atoms with Gasteiger partial charge in [0.1, 0.15) is 17.9 Å². The first-order valence-corrected chi connectivity index (χ1v) is 11.5. The standard InChI is InChI=1S/C26H32N4O3/c1-26(2,27)25(32)29-23(16-18-17-28-22-11-7-6-10-21(18)22)24(31)30-14-12-20(13-15-30)33-19-8-4-3-5-9-19/h3-11,17,20,23,28H,12-16,27H2,1-2H3,(H,29,32)/t23-/m1/s1. The number of piperidine rings is 1. The predicted molar refractivity (Wildman–Crippen MR) is 129 cm³/mol. The number of hydrogen-bond donors (Lipinski definition) is 3. The van der Waals surface area contributed by atoms with E-state index in [4.69, 9.17) is 10.5 Å². The Kier molecular flexibility index (Phi) is 6.70. The van der Waals surface area contributed by atoms with Gasteiger partial charge in [-0.25, -0.2) is 0 Å². The normalized spacial score (nSPS) is 15.9. The van der Waals surface area contributed by atoms with Gasteiger partial charge in [0.25, 0.3) is 0 Å². The highest BCUT2D eigenvalue weighted by atomic mass is 16.5. The van der Waals surface area contributed by atoms with Crippen LogP contribution in [0.1, 0.15) is 32.3 Å². The van der Waals surface area contributed by atoms with E-state index in [1.807, 2.05) is 65.7 Å². The minimum absolute atomic E-state index is 0.0704. The number of aromatic amines is 1. The third-order valence-electron chi connectivity index (χ3n) is 6.09. The molecule has 33 heavy (non-hydrogen) atoms. The number of carbonyl (C=O) groups excluding carboxylic acids is 2. The van der Waals surface area contributed by atoms with Gasteiger partial charge >= 0.3 is 0 Å². The molecule has 1 aliphatic rings. The lowest BCUT2D eigenvalue weighted by Crippen LogP contribution is -2.58. The van der Waals surface area contributed by atoms with Gasteiger partial charge in [-0.05, 0) is 37.6 Å². The summed E-state index contributed by atoms with van der Waals surface area (Å²) >= 11 is 0. The molecule has 3 aromatic rings. The number of nitrogens with zero attached hydrogens (tertiary/aromatic N) is 1. The van der Waals surface area contributed by atoms with E-state index in [0.29, 0.717) is 19.5 Å². The highest BCUT2D eigenvalue weighted by Crippen LogP contribution is 2.22. The van der Waals surface area contributed by atoms with Crippen molar-refractivity contribution < 1.29 is 14.3 Å². The number of carbonyl (C=O) groups is 2. The number of aromatic nitrogens is 1. The van der Waals surface area contributed by atoms with Gasteiger partial charge in [-0.3, -0.25) is 9.59 Å². The van der Waals surface area contributed by atoms with Crippen molar-refractivity contribution >= 4 is 22.7 Å². The van der Waals surface area contributed by atoms with Crippen LogP contribution < -0.4 is 15.8 Å². The summed E-state index contributed by atoms with van der Waals surface area (Å²) in [4.78, 5) is 31.3. The van der Waals surface area contributed by atoms with E-state index in [-0.39, 0.29) is 17.9 Å². The second-order valence-electron chi connectivity index (χ2n) is 9.27. The number of nitrogens with two attached hydrogens (primary N) is 1. The fourth-order valence-corrected chi connectivity index (χ4v) is 4.17. The summed E-state index contributed by atoms with van der Waals surface area (Å²) in [7, 11) is 0. The highest BCUT2D eigenvalue weighted by Gasteiger charge is 2.33. The number of fused-ring (bicyclic) bond motifs is 1. The summed E-state index contributed by atoms with van der Waals surface area (Å²) in [5, 5.41) is 3.96. The van der Waals surface area contributed by atoms with Crippen molar-refractivity contribution in [1.29, 1.82) is 0 Å². The quantitative estimate of drug-likeness (QED) is 0.517. The first-order valence-electron chi connectivity index (χ1n) is 11.5. The van der Waals surface area contributed by atoms with Gasteiger partial charge < -0.3 is 25.7 Å². The van der Waals surface area contributed by atoms with Crippen LogP contribution in [0.15, 0.2) is 60.8 Å². The molecule has 174 valence electrons. The second kappa shape index (κ2) is 9.67. The molecule has 0 aliphatic carbocycles. The largest absolute Gasteiger partial charge is 0.490 e. The SMILES string of the molecule is CC(C)(N)C(=O)N[C@H](Cc1c[nH]c2ccccc12)C(=O)N1CCC(Oc2ccccc2)CC1. The van der Waals surface area contributed by atoms with Crippen LogP contribution in [-0.2, 0) is 16.0 Å². The molecule has 7 nitrogen and oxygen atoms in total. The molecule has 1 fully saturated rings. The molecule has 1 saturated heterocycles. The van der Waals surface area contributed by atoms with E-state index in [9.17, 15) is 9.59 Å². The average Bonchev–Trinajstić information content (AvgIpc) is 3.21. The van der Waals surface area contributed by atoms with Crippen molar-refractivity contribution in [2.45, 2.75) is 50.8 Å². The van der Waals surface area contributed by atoms with E-state index >= 15 is 0 Å². The van der Waals surface area contributed by atoms with Crippen LogP contribution in [0.5, 0.6) is 5.75 Å². The summed E-state index contributed by atoms with van der Waals surface area (Å²) in [5.74, 6) is 0.413. The zero-order valence-electron chi connectivity index (χ0n) is 19.2. The Morgan fingerprint density at radius 2 is 1.79 bits per heavy atom. The number of likely N-dealkylation sites (tertiary alicyclic amines) is 1. The number of ether oxygens (including phenoxy) is 1. The van der Waals surface area contributed by atoms with E-state index in [1.54, 1.807) is 13.8 Å². The Morgan fingerprint density at radius 3 is 2.48 bits per heavy atom. The topological polar surface area (TPSA) is 100 Å². The first kappa shape index (κ1) is 22.9. The van der Waals surface area contributed by atoms with Crippen LogP contribution in [0.2, 0.25) is 0 Å². The molecule has 0 radical (unpaired) electrons. The maximum absolute atomic E-state index is 13.5. The minimum Gasteiger partial charge on any atom is -0.490 e. The van der Waals surface area contributed by atoms with Crippen molar-refractivity contribution in [2.75, 3.05) is 13.1 Å². The van der Waals surface area contributed by atoms with E-state index < -0.39 is 11.6 Å². The van der Waals surface area contributed by atoms with Gasteiger partial charge in [-0.1, -0.05) is 36.4 Å². The van der Waals surface area contributed by atoms with Crippen LogP contribution in [-0.4, -0.2) is 52.5 Å². The number of benzene rings is 2. The number of nitrogens with one attached hydrogen (secondary N) is 2. The van der Waals surface area contributed by atoms with E-state index in [2.05, 4.69) is 10.3 Å². The lowest BCUT2D eigenvalue weighted by atomic mass is 9.99. The number of para-hydroxylation sites is 2. The second-order valence-corrected chi connectivity index (χ2v) is 9.27. The van der Waals surface area contributed by atoms with Crippen molar-refractivity contribution in [3.8, 4) is 5.75 Å². The Labute approximate surface area is 194 Å². The number of hydrogen-bond acceptors (Lipinski definition) is 4. The van der Waals surface area contributed by atoms with Crippen molar-refractivity contribution in [2.24, 2.45) is 5.73 Å². The van der Waals surface area contributed by atoms with Crippen LogP contribution in [0.3, 0.4) is 0 Å². The van der Waals surface area contributed by atoms with Crippen molar-refractivity contribution in [3.05, 3.63) is 66.4 Å². The maximum atomic E-state index is 13.5. The summed E-state index contributed by atoms with van der Waals surface area (Å²) in [6.45, 7) is 4.45. The molecular formula is C26H32N4O3. The Balaban J connectivity index is 1.45. The summed E-state index contributed by atoms with van der Waals surface area (Å²) in [6, 6.07) is 17.0. The van der Waals surface area contributed by atoms with Crippen LogP contribution in [0.4, 0.5) is 0 Å². The zero-order valence-corrected chi connectivity index (χ0v) is 19.2. The monoisotopic (exact) mass is 448 g/mol. The predicted octanol–water partition coefficient (Wildman–Crippen LogP) is 3.00. The van der Waals surface area contributed by atoms with E-state index in [0.717, 1.165) is 35.1 Å². The molecule has 1 aromatic heterocycles. The zero-order chi connectivity index (χ0) is 23.4. The molecule has 1 aliphatic heterocycles. The molecule has 1 atom stereocenters. The lowest BCUT2D eigenvalue weighted by molar-refractivity contribution is -0.138. The number of rotatable bonds is 7. The van der Waals surface area contributed by atoms with Crippen LogP contribution in [0.25, 0.3) is 10.9 Å². The summed E-state index contributed by atoms with van der Waals surface area (Å²) < 4.78 is 6.06. The Hall–Kier alpha value is -3.32. The molecule has 4 rings (SSSR count). The molecule has 0 bridgehead atoms. The van der Waals surface area contributed by atoms with Gasteiger partial charge in [-0.15, -0.1) is 0 Å². The molecule has 2 amide bonds. The Morgan fingerprint density at radius 1 is 1.12 bits per heavy atom. The van der Waals surface area contributed by atoms with Crippen LogP contribution >= 0.6 is 0 Å². The van der Waals surface area contributed by atoms with E-state index in [1.165, 1.54) is 0 Å². The fourth-order valence-electron chi connectivity index (χ4n) is 4.17. The molecule has 0 unspecified atom stereocenters. The number of H-pyrrole nitrogens is 1. The minimum atomic E-state index is -1.07. The molecular weight excluding hydrogens is 416 g/mol. The third kappa shape index (κ3) is 5.54. The van der Waals surface area contributed by atoms with Crippen molar-refractivity contribution in [1.82, 2.24) is 15.2 Å². The Bertz CT molecular complexity index is 1100. The van der Waals surface area contributed by atoms with Gasteiger partial charge in [0.2, 0.25) is 11.8 Å². The van der Waals surface area contributed by atoms with Gasteiger partial charge in [0.05, 0.1) is 5.54 Å². The van der Waals surface area contributed by atoms with Gasteiger partial charge in [0, 0.05) is 49.5 Å². The fraction of sp³-hybridized carbons (Fsp3) is 0.385. The lowest BCUT2D eigenvalue weighted by Gasteiger charge is -2.35. The molecule has 0 saturated carbocycles. The molecule has 2 heterocycles. The molecule has 4 N–H and O–H groups in total. The molecule has 0 spiro atoms.